The van der Waals surface area contributed by atoms with Crippen molar-refractivity contribution < 1.29 is 45.3 Å². The summed E-state index contributed by atoms with van der Waals surface area (Å²) in [4.78, 5) is 26.5. The molecule has 13 nitrogen and oxygen atoms in total. The van der Waals surface area contributed by atoms with E-state index in [1.54, 1.807) is 36.3 Å². The number of fused-ring (bicyclic) bond motifs is 1. The van der Waals surface area contributed by atoms with Gasteiger partial charge in [-0.25, -0.2) is 23.1 Å². The predicted molar refractivity (Wildman–Crippen MR) is 240 cm³/mol. The molecule has 3 aromatic carbocycles. The van der Waals surface area contributed by atoms with Gasteiger partial charge in [-0.05, 0) is 68.6 Å². The lowest BCUT2D eigenvalue weighted by Gasteiger charge is -2.32. The van der Waals surface area contributed by atoms with Crippen molar-refractivity contribution in [3.8, 4) is 34.5 Å². The Morgan fingerprint density at radius 2 is 1.55 bits per heavy atom. The van der Waals surface area contributed by atoms with Gasteiger partial charge in [-0.2, -0.15) is 23.1 Å². The van der Waals surface area contributed by atoms with Crippen LogP contribution in [0.15, 0.2) is 60.9 Å². The molecule has 0 unspecified atom stereocenters. The van der Waals surface area contributed by atoms with E-state index in [4.69, 9.17) is 35.5 Å². The number of alkyl halides is 4. The van der Waals surface area contributed by atoms with Gasteiger partial charge in [-0.3, -0.25) is 9.88 Å². The number of rotatable bonds is 14. The third-order valence-corrected chi connectivity index (χ3v) is 13.1. The number of hydrogen-bond donors (Lipinski definition) is 2. The molecule has 352 valence electrons. The van der Waals surface area contributed by atoms with Crippen molar-refractivity contribution in [2.24, 2.45) is 0 Å². The minimum atomic E-state index is -5.23. The van der Waals surface area contributed by atoms with Gasteiger partial charge in [-0.1, -0.05) is 35.9 Å². The standard InChI is InChI=1S/C47H46ClF6N9O4/c1-25-34(47(52,53)54)39(59-42(36(25)50)57-21-27-6-10-30(64-3)11-7-27)32-35(48)41-33-40(37(32)51)60-45(67-24-46-14-5-17-62(46)23-29(49)20-46)61-44(33)63(18-19-66-41)26(2)38-43(56-16-15-55-38)58-22-28-8-12-31(65-4)13-9-28/h6-13,15-16,26,29H,5,14,17-24H2,1-4H3,(H,56,58)(H,57,59)/t26-,29-,46+/m1/s1. The number of ether oxygens (including phenoxy) is 4. The van der Waals surface area contributed by atoms with Crippen LogP contribution in [0.25, 0.3) is 22.2 Å². The van der Waals surface area contributed by atoms with Gasteiger partial charge >= 0.3 is 12.2 Å². The number of halogens is 7. The summed E-state index contributed by atoms with van der Waals surface area (Å²) >= 11 is 7.04. The molecule has 2 saturated heterocycles. The van der Waals surface area contributed by atoms with Crippen molar-refractivity contribution in [1.82, 2.24) is 29.8 Å². The average molecular weight is 950 g/mol. The summed E-state index contributed by atoms with van der Waals surface area (Å²) in [5.41, 5.74) is -3.30. The van der Waals surface area contributed by atoms with Crippen LogP contribution in [0.4, 0.5) is 43.8 Å². The van der Waals surface area contributed by atoms with Crippen molar-refractivity contribution in [3.05, 3.63) is 106 Å². The summed E-state index contributed by atoms with van der Waals surface area (Å²) in [7, 11) is 3.08. The fourth-order valence-electron chi connectivity index (χ4n) is 9.35. The van der Waals surface area contributed by atoms with Gasteiger partial charge in [0.1, 0.15) is 53.7 Å². The number of anilines is 3. The molecular weight excluding hydrogens is 904 g/mol. The average Bonchev–Trinajstić information content (AvgIpc) is 3.78. The molecule has 0 saturated carbocycles. The third kappa shape index (κ3) is 8.74. The molecule has 67 heavy (non-hydrogen) atoms. The molecule has 0 bridgehead atoms. The quantitative estimate of drug-likeness (QED) is 0.101. The molecule has 3 aromatic heterocycles. The Labute approximate surface area is 386 Å². The van der Waals surface area contributed by atoms with Crippen LogP contribution in [0.1, 0.15) is 60.2 Å². The van der Waals surface area contributed by atoms with Crippen LogP contribution in [-0.4, -0.2) is 88.6 Å². The van der Waals surface area contributed by atoms with Gasteiger partial charge in [0.2, 0.25) is 0 Å². The maximum atomic E-state index is 17.8. The molecule has 20 heteroatoms. The van der Waals surface area contributed by atoms with Crippen LogP contribution in [0, 0.1) is 18.6 Å². The van der Waals surface area contributed by atoms with E-state index in [1.807, 2.05) is 36.1 Å². The molecule has 2 N–H and O–H groups in total. The highest BCUT2D eigenvalue weighted by atomic mass is 35.5. The summed E-state index contributed by atoms with van der Waals surface area (Å²) in [5.74, 6) is -1.61. The normalized spacial score (nSPS) is 18.6. The van der Waals surface area contributed by atoms with E-state index in [0.29, 0.717) is 48.1 Å². The van der Waals surface area contributed by atoms with Crippen molar-refractivity contribution in [2.45, 2.75) is 70.1 Å². The molecule has 0 aliphatic carbocycles. The van der Waals surface area contributed by atoms with E-state index in [2.05, 4.69) is 30.6 Å². The molecule has 3 aliphatic rings. The van der Waals surface area contributed by atoms with Gasteiger partial charge in [0, 0.05) is 44.0 Å². The minimum Gasteiger partial charge on any atom is -0.497 e. The van der Waals surface area contributed by atoms with Gasteiger partial charge < -0.3 is 34.5 Å². The molecular formula is C47H46ClF6N9O4. The Morgan fingerprint density at radius 1 is 0.896 bits per heavy atom. The number of benzene rings is 3. The van der Waals surface area contributed by atoms with Gasteiger partial charge in [0.25, 0.3) is 0 Å². The lowest BCUT2D eigenvalue weighted by atomic mass is 9.95. The van der Waals surface area contributed by atoms with Crippen LogP contribution in [0.5, 0.6) is 23.3 Å². The molecule has 0 spiro atoms. The molecule has 0 radical (unpaired) electrons. The van der Waals surface area contributed by atoms with E-state index >= 15 is 22.0 Å². The van der Waals surface area contributed by atoms with Crippen LogP contribution >= 0.6 is 11.6 Å². The highest BCUT2D eigenvalue weighted by molar-refractivity contribution is 6.36. The minimum absolute atomic E-state index is 0.0386. The molecule has 3 aliphatic heterocycles. The zero-order valence-electron chi connectivity index (χ0n) is 36.9. The third-order valence-electron chi connectivity index (χ3n) is 12.7. The van der Waals surface area contributed by atoms with Crippen molar-refractivity contribution in [3.63, 3.8) is 0 Å². The topological polar surface area (TPSA) is 132 Å². The Balaban J connectivity index is 1.18. The van der Waals surface area contributed by atoms with Crippen LogP contribution < -0.4 is 34.5 Å². The lowest BCUT2D eigenvalue weighted by molar-refractivity contribution is -0.137. The van der Waals surface area contributed by atoms with Gasteiger partial charge in [-0.15, -0.1) is 0 Å². The second kappa shape index (κ2) is 18.4. The summed E-state index contributed by atoms with van der Waals surface area (Å²) in [6, 6.07) is 13.2. The van der Waals surface area contributed by atoms with E-state index in [9.17, 15) is 4.39 Å². The summed E-state index contributed by atoms with van der Waals surface area (Å²) in [5, 5.41) is 5.49. The first kappa shape index (κ1) is 45.8. The number of hydrogen-bond acceptors (Lipinski definition) is 13. The van der Waals surface area contributed by atoms with Crippen molar-refractivity contribution >= 4 is 40.0 Å². The molecule has 6 aromatic rings. The summed E-state index contributed by atoms with van der Waals surface area (Å²) in [6.07, 6.45) is -1.56. The van der Waals surface area contributed by atoms with E-state index in [1.165, 1.54) is 19.5 Å². The number of nitrogens with zero attached hydrogens (tertiary/aromatic N) is 7. The first-order valence-electron chi connectivity index (χ1n) is 21.7. The SMILES string of the molecule is COc1ccc(CNc2nccnc2[C@@H](C)N2CCOc3c(Cl)c(-c4nc(NCc5ccc(OC)cc5)c(F)c(C)c4C(F)(F)F)c(F)c4nc(OC[C@@]56CCCN5C[C@H](F)C6)nc2c34)cc1. The monoisotopic (exact) mass is 949 g/mol. The van der Waals surface area contributed by atoms with Gasteiger partial charge in [0.15, 0.2) is 23.2 Å². The summed E-state index contributed by atoms with van der Waals surface area (Å²) in [6.45, 7) is 3.95. The second-order valence-corrected chi connectivity index (χ2v) is 17.2. The maximum absolute atomic E-state index is 17.8. The molecule has 9 rings (SSSR count). The Kier molecular flexibility index (Phi) is 12.6. The highest BCUT2D eigenvalue weighted by Crippen LogP contribution is 2.52. The number of pyridine rings is 1. The number of methoxy groups -OCH3 is 2. The van der Waals surface area contributed by atoms with Gasteiger partial charge in [0.05, 0.1) is 59.6 Å². The number of aromatic nitrogens is 5. The van der Waals surface area contributed by atoms with Crippen molar-refractivity contribution in [2.75, 3.05) is 62.6 Å². The first-order valence-corrected chi connectivity index (χ1v) is 22.0. The zero-order chi connectivity index (χ0) is 47.2. The molecule has 6 heterocycles. The maximum Gasteiger partial charge on any atom is 0.418 e. The fourth-order valence-corrected chi connectivity index (χ4v) is 9.67. The lowest BCUT2D eigenvalue weighted by Crippen LogP contribution is -2.43. The molecule has 3 atom stereocenters. The summed E-state index contributed by atoms with van der Waals surface area (Å²) < 4.78 is 117. The molecule has 0 amide bonds. The Bertz CT molecular complexity index is 2810. The second-order valence-electron chi connectivity index (χ2n) is 16.8. The Hall–Kier alpha value is -6.34. The first-order chi connectivity index (χ1) is 32.2. The van der Waals surface area contributed by atoms with E-state index in [-0.39, 0.29) is 62.2 Å². The smallest absolute Gasteiger partial charge is 0.418 e. The zero-order valence-corrected chi connectivity index (χ0v) is 37.7. The predicted octanol–water partition coefficient (Wildman–Crippen LogP) is 9.90. The highest BCUT2D eigenvalue weighted by Gasteiger charge is 2.50. The molecule has 2 fully saturated rings. The fraction of sp³-hybridized carbons (Fsp3) is 0.383. The number of nitrogens with one attached hydrogen (secondary N) is 2. The van der Waals surface area contributed by atoms with E-state index in [0.717, 1.165) is 18.9 Å². The van der Waals surface area contributed by atoms with Crippen molar-refractivity contribution in [1.29, 1.82) is 0 Å². The van der Waals surface area contributed by atoms with E-state index < -0.39 is 74.3 Å². The van der Waals surface area contributed by atoms with Crippen LogP contribution in [0.2, 0.25) is 5.02 Å². The van der Waals surface area contributed by atoms with Crippen LogP contribution in [0.3, 0.4) is 0 Å². The largest absolute Gasteiger partial charge is 0.497 e. The van der Waals surface area contributed by atoms with Crippen LogP contribution in [-0.2, 0) is 19.3 Å². The Morgan fingerprint density at radius 3 is 2.21 bits per heavy atom.